The van der Waals surface area contributed by atoms with Crippen LogP contribution in [0.5, 0.6) is 0 Å². The first kappa shape index (κ1) is 13.1. The lowest BCUT2D eigenvalue weighted by Gasteiger charge is -2.28. The molecule has 5 nitrogen and oxygen atoms in total. The summed E-state index contributed by atoms with van der Waals surface area (Å²) in [4.78, 5) is 13.0. The van der Waals surface area contributed by atoms with E-state index in [1.165, 1.54) is 18.9 Å². The van der Waals surface area contributed by atoms with Gasteiger partial charge >= 0.3 is 5.97 Å². The highest BCUT2D eigenvalue weighted by Gasteiger charge is 2.16. The monoisotopic (exact) mass is 252 g/mol. The maximum atomic E-state index is 10.6. The van der Waals surface area contributed by atoms with Crippen LogP contribution < -0.4 is 5.32 Å². The van der Waals surface area contributed by atoms with E-state index >= 15 is 0 Å². The van der Waals surface area contributed by atoms with Crippen molar-refractivity contribution in [3.63, 3.8) is 0 Å². The molecule has 2 N–H and O–H groups in total. The second kappa shape index (κ2) is 6.02. The van der Waals surface area contributed by atoms with Crippen LogP contribution in [0.15, 0.2) is 16.5 Å². The Morgan fingerprint density at radius 1 is 1.50 bits per heavy atom. The number of carboxylic acids is 1. The molecule has 100 valence electrons. The Bertz CT molecular complexity index is 395. The van der Waals surface area contributed by atoms with Crippen LogP contribution in [0.3, 0.4) is 0 Å². The second-order valence-corrected chi connectivity index (χ2v) is 4.95. The molecule has 0 aromatic carbocycles. The summed E-state index contributed by atoms with van der Waals surface area (Å²) in [6.07, 6.45) is 2.45. The molecular weight excluding hydrogens is 232 g/mol. The SMILES string of the molecule is CN1CCC(CNCc2ccc(C(=O)O)o2)CC1. The molecule has 0 aliphatic carbocycles. The van der Waals surface area contributed by atoms with E-state index in [0.717, 1.165) is 25.6 Å². The van der Waals surface area contributed by atoms with Crippen LogP contribution in [-0.4, -0.2) is 42.7 Å². The lowest BCUT2D eigenvalue weighted by atomic mass is 9.97. The highest BCUT2D eigenvalue weighted by Crippen LogP contribution is 2.15. The third-order valence-electron chi connectivity index (χ3n) is 3.44. The molecule has 0 radical (unpaired) electrons. The molecule has 18 heavy (non-hydrogen) atoms. The third kappa shape index (κ3) is 3.58. The van der Waals surface area contributed by atoms with Crippen LogP contribution in [0.4, 0.5) is 0 Å². The van der Waals surface area contributed by atoms with E-state index in [2.05, 4.69) is 17.3 Å². The van der Waals surface area contributed by atoms with Crippen LogP contribution in [0.2, 0.25) is 0 Å². The lowest BCUT2D eigenvalue weighted by molar-refractivity contribution is 0.0660. The average molecular weight is 252 g/mol. The van der Waals surface area contributed by atoms with E-state index in [4.69, 9.17) is 9.52 Å². The molecule has 1 saturated heterocycles. The molecule has 1 fully saturated rings. The minimum atomic E-state index is -1.02. The Morgan fingerprint density at radius 3 is 2.83 bits per heavy atom. The molecule has 1 aliphatic heterocycles. The minimum absolute atomic E-state index is 0.00564. The van der Waals surface area contributed by atoms with Gasteiger partial charge in [0, 0.05) is 0 Å². The van der Waals surface area contributed by atoms with Gasteiger partial charge < -0.3 is 19.7 Å². The number of aromatic carboxylic acids is 1. The summed E-state index contributed by atoms with van der Waals surface area (Å²) in [5.41, 5.74) is 0. The van der Waals surface area contributed by atoms with Gasteiger partial charge in [0.15, 0.2) is 0 Å². The number of nitrogens with one attached hydrogen (secondary N) is 1. The summed E-state index contributed by atoms with van der Waals surface area (Å²) in [5, 5.41) is 12.1. The van der Waals surface area contributed by atoms with Gasteiger partial charge in [0.05, 0.1) is 6.54 Å². The van der Waals surface area contributed by atoms with Crippen molar-refractivity contribution in [2.75, 3.05) is 26.7 Å². The zero-order valence-corrected chi connectivity index (χ0v) is 10.7. The maximum absolute atomic E-state index is 10.6. The molecular formula is C13H20N2O3. The number of likely N-dealkylation sites (tertiary alicyclic amines) is 1. The highest BCUT2D eigenvalue weighted by atomic mass is 16.4. The van der Waals surface area contributed by atoms with Crippen LogP contribution in [0, 0.1) is 5.92 Å². The van der Waals surface area contributed by atoms with E-state index in [-0.39, 0.29) is 5.76 Å². The zero-order valence-electron chi connectivity index (χ0n) is 10.7. The minimum Gasteiger partial charge on any atom is -0.475 e. The van der Waals surface area contributed by atoms with Crippen molar-refractivity contribution in [3.8, 4) is 0 Å². The molecule has 0 saturated carbocycles. The third-order valence-corrected chi connectivity index (χ3v) is 3.44. The van der Waals surface area contributed by atoms with E-state index in [0.29, 0.717) is 12.3 Å². The van der Waals surface area contributed by atoms with Gasteiger partial charge in [-0.1, -0.05) is 0 Å². The van der Waals surface area contributed by atoms with Gasteiger partial charge in [0.1, 0.15) is 5.76 Å². The van der Waals surface area contributed by atoms with Crippen LogP contribution in [0.25, 0.3) is 0 Å². The molecule has 0 atom stereocenters. The van der Waals surface area contributed by atoms with Crippen molar-refractivity contribution < 1.29 is 14.3 Å². The summed E-state index contributed by atoms with van der Waals surface area (Å²) >= 11 is 0. The molecule has 1 aromatic rings. The number of hydrogen-bond acceptors (Lipinski definition) is 4. The molecule has 0 spiro atoms. The van der Waals surface area contributed by atoms with Crippen molar-refractivity contribution in [1.29, 1.82) is 0 Å². The molecule has 1 aliphatic rings. The molecule has 5 heteroatoms. The molecule has 0 unspecified atom stereocenters. The smallest absolute Gasteiger partial charge is 0.371 e. The van der Waals surface area contributed by atoms with Crippen molar-refractivity contribution in [2.45, 2.75) is 19.4 Å². The highest BCUT2D eigenvalue weighted by molar-refractivity contribution is 5.84. The van der Waals surface area contributed by atoms with Crippen LogP contribution in [-0.2, 0) is 6.54 Å². The van der Waals surface area contributed by atoms with Crippen LogP contribution in [0.1, 0.15) is 29.2 Å². The number of furan rings is 1. The number of carbonyl (C=O) groups is 1. The summed E-state index contributed by atoms with van der Waals surface area (Å²) in [7, 11) is 2.15. The molecule has 0 bridgehead atoms. The maximum Gasteiger partial charge on any atom is 0.371 e. The fraction of sp³-hybridized carbons (Fsp3) is 0.615. The largest absolute Gasteiger partial charge is 0.475 e. The zero-order chi connectivity index (χ0) is 13.0. The number of carboxylic acid groups (broad SMARTS) is 1. The van der Waals surface area contributed by atoms with E-state index < -0.39 is 5.97 Å². The predicted molar refractivity (Wildman–Crippen MR) is 67.6 cm³/mol. The fourth-order valence-electron chi connectivity index (χ4n) is 2.25. The molecule has 2 rings (SSSR count). The predicted octanol–water partition coefficient (Wildman–Crippen LogP) is 1.41. The topological polar surface area (TPSA) is 65.7 Å². The van der Waals surface area contributed by atoms with Gasteiger partial charge in [-0.2, -0.15) is 0 Å². The summed E-state index contributed by atoms with van der Waals surface area (Å²) in [5.74, 6) is 0.387. The summed E-state index contributed by atoms with van der Waals surface area (Å²) in [6.45, 7) is 3.89. The average Bonchev–Trinajstić information content (AvgIpc) is 2.81. The van der Waals surface area contributed by atoms with Gasteiger partial charge in [-0.15, -0.1) is 0 Å². The van der Waals surface area contributed by atoms with Crippen molar-refractivity contribution in [1.82, 2.24) is 10.2 Å². The van der Waals surface area contributed by atoms with Gasteiger partial charge in [-0.05, 0) is 57.6 Å². The van der Waals surface area contributed by atoms with Crippen molar-refractivity contribution >= 4 is 5.97 Å². The Morgan fingerprint density at radius 2 is 2.22 bits per heavy atom. The number of hydrogen-bond donors (Lipinski definition) is 2. The first-order chi connectivity index (χ1) is 8.65. The molecule has 1 aromatic heterocycles. The van der Waals surface area contributed by atoms with E-state index in [1.807, 2.05) is 0 Å². The first-order valence-electron chi connectivity index (χ1n) is 6.36. The van der Waals surface area contributed by atoms with Gasteiger partial charge in [0.2, 0.25) is 5.76 Å². The Hall–Kier alpha value is -1.33. The quantitative estimate of drug-likeness (QED) is 0.829. The Kier molecular flexibility index (Phi) is 4.38. The van der Waals surface area contributed by atoms with Gasteiger partial charge in [-0.3, -0.25) is 0 Å². The second-order valence-electron chi connectivity index (χ2n) is 4.95. The van der Waals surface area contributed by atoms with Crippen molar-refractivity contribution in [3.05, 3.63) is 23.7 Å². The number of nitrogens with zero attached hydrogens (tertiary/aromatic N) is 1. The Labute approximate surface area is 107 Å². The normalized spacial score (nSPS) is 18.1. The molecule has 0 amide bonds. The van der Waals surface area contributed by atoms with E-state index in [9.17, 15) is 4.79 Å². The fourth-order valence-corrected chi connectivity index (χ4v) is 2.25. The van der Waals surface area contributed by atoms with Crippen molar-refractivity contribution in [2.24, 2.45) is 5.92 Å². The van der Waals surface area contributed by atoms with Gasteiger partial charge in [-0.25, -0.2) is 4.79 Å². The van der Waals surface area contributed by atoms with E-state index in [1.54, 1.807) is 6.07 Å². The lowest BCUT2D eigenvalue weighted by Crippen LogP contribution is -2.34. The Balaban J connectivity index is 1.70. The number of rotatable bonds is 5. The standard InChI is InChI=1S/C13H20N2O3/c1-15-6-4-10(5-7-15)8-14-9-11-2-3-12(18-11)13(16)17/h2-3,10,14H,4-9H2,1H3,(H,16,17). The summed E-state index contributed by atoms with van der Waals surface area (Å²) < 4.78 is 5.18. The summed E-state index contributed by atoms with van der Waals surface area (Å²) in [6, 6.07) is 3.21. The van der Waals surface area contributed by atoms with Gasteiger partial charge in [0.25, 0.3) is 0 Å². The molecule has 2 heterocycles. The number of piperidine rings is 1. The van der Waals surface area contributed by atoms with Crippen LogP contribution >= 0.6 is 0 Å². The first-order valence-corrected chi connectivity index (χ1v) is 6.36.